The molecule has 7 heterocycles. The van der Waals surface area contributed by atoms with Gasteiger partial charge in [-0.15, -0.1) is 0 Å². The second-order valence-corrected chi connectivity index (χ2v) is 16.9. The Morgan fingerprint density at radius 2 is 1.26 bits per heavy atom. The minimum absolute atomic E-state index is 0.0501. The number of halogens is 3. The summed E-state index contributed by atoms with van der Waals surface area (Å²) in [6.45, 7) is 17.0. The zero-order valence-corrected chi connectivity index (χ0v) is 39.5. The first kappa shape index (κ1) is 49.8. The van der Waals surface area contributed by atoms with Gasteiger partial charge >= 0.3 is 6.03 Å². The minimum Gasteiger partial charge on any atom is -0.395 e. The molecule has 354 valence electrons. The lowest BCUT2D eigenvalue weighted by Crippen LogP contribution is -2.37. The fraction of sp³-hybridized carbons (Fsp3) is 0.558. The minimum atomic E-state index is -0.497. The van der Waals surface area contributed by atoms with Gasteiger partial charge in [0.1, 0.15) is 27.1 Å². The Morgan fingerprint density at radius 3 is 1.78 bits per heavy atom. The molecule has 0 bridgehead atoms. The van der Waals surface area contributed by atoms with E-state index in [2.05, 4.69) is 52.7 Å². The van der Waals surface area contributed by atoms with Crippen molar-refractivity contribution in [3.8, 4) is 11.3 Å². The van der Waals surface area contributed by atoms with Gasteiger partial charge in [0.2, 0.25) is 17.8 Å². The summed E-state index contributed by atoms with van der Waals surface area (Å²) in [4.78, 5) is 47.1. The number of likely N-dealkylation sites (tertiary alicyclic amines) is 1. The van der Waals surface area contributed by atoms with E-state index in [-0.39, 0.29) is 12.6 Å². The van der Waals surface area contributed by atoms with Gasteiger partial charge in [-0.1, -0.05) is 54.2 Å². The van der Waals surface area contributed by atoms with E-state index in [9.17, 15) is 9.90 Å². The lowest BCUT2D eigenvalue weighted by atomic mass is 10.0. The van der Waals surface area contributed by atoms with E-state index in [0.717, 1.165) is 87.7 Å². The van der Waals surface area contributed by atoms with Crippen LogP contribution in [0.25, 0.3) is 11.3 Å². The van der Waals surface area contributed by atoms with Crippen molar-refractivity contribution in [2.75, 3.05) is 142 Å². The molecule has 1 aromatic carbocycles. The van der Waals surface area contributed by atoms with E-state index in [1.54, 1.807) is 13.0 Å². The lowest BCUT2D eigenvalue weighted by molar-refractivity contribution is 0.122. The maximum Gasteiger partial charge on any atom is 0.321 e. The first-order valence-corrected chi connectivity index (χ1v) is 23.2. The van der Waals surface area contributed by atoms with Crippen molar-refractivity contribution >= 4 is 76.0 Å². The highest BCUT2D eigenvalue weighted by molar-refractivity contribution is 6.33. The number of ether oxygens (including phenoxy) is 3. The maximum absolute atomic E-state index is 12.8. The number of aliphatic hydroxyl groups is 2. The maximum atomic E-state index is 12.8. The number of aliphatic hydroxyl groups excluding tert-OH is 2. The molecule has 8 rings (SSSR count). The largest absolute Gasteiger partial charge is 0.395 e. The molecule has 3 aromatic heterocycles. The third-order valence-corrected chi connectivity index (χ3v) is 11.4. The van der Waals surface area contributed by atoms with Crippen molar-refractivity contribution in [2.24, 2.45) is 5.92 Å². The molecule has 0 spiro atoms. The van der Waals surface area contributed by atoms with Crippen LogP contribution in [-0.4, -0.2) is 169 Å². The molecule has 4 saturated heterocycles. The zero-order valence-electron chi connectivity index (χ0n) is 37.2. The third kappa shape index (κ3) is 15.5. The third-order valence-electron chi connectivity index (χ3n) is 10.8. The molecule has 0 radical (unpaired) electrons. The van der Waals surface area contributed by atoms with Crippen LogP contribution in [0.5, 0.6) is 0 Å². The molecule has 5 N–H and O–H groups in total. The average Bonchev–Trinajstić information content (AvgIpc) is 3.82. The number of rotatable bonds is 12. The van der Waals surface area contributed by atoms with E-state index in [0.29, 0.717) is 104 Å². The number of benzene rings is 1. The molecule has 4 aliphatic heterocycles. The van der Waals surface area contributed by atoms with Crippen LogP contribution in [0.4, 0.5) is 40.0 Å². The normalized spacial score (nSPS) is 17.9. The van der Waals surface area contributed by atoms with E-state index in [4.69, 9.17) is 59.1 Å². The van der Waals surface area contributed by atoms with Crippen LogP contribution in [0.15, 0.2) is 36.4 Å². The number of urea groups is 1. The van der Waals surface area contributed by atoms with Crippen LogP contribution < -0.4 is 30.7 Å². The SMILES string of the molecule is CC[C@@H]1CCN(C(=O)Nc2ccc(C)c(-c3cc(NC[C@H](C)O)nc(N4CCOCC4)n3)c2)C1.Clc1cc(Cl)nc(N2CCOCC2)n1.OCCNc1cc(Cl)nc(N2CCOCC2)n1. The van der Waals surface area contributed by atoms with E-state index in [1.165, 1.54) is 6.07 Å². The number of hydrogen-bond donors (Lipinski definition) is 5. The van der Waals surface area contributed by atoms with E-state index in [1.807, 2.05) is 45.9 Å². The van der Waals surface area contributed by atoms with Crippen LogP contribution in [-0.2, 0) is 14.2 Å². The van der Waals surface area contributed by atoms with Gasteiger partial charge in [-0.05, 0) is 43.9 Å². The Labute approximate surface area is 395 Å². The van der Waals surface area contributed by atoms with Gasteiger partial charge in [0.25, 0.3) is 0 Å². The fourth-order valence-corrected chi connectivity index (χ4v) is 7.81. The molecule has 0 unspecified atom stereocenters. The number of amides is 2. The van der Waals surface area contributed by atoms with E-state index < -0.39 is 6.10 Å². The number of carbonyl (C=O) groups excluding carboxylic acids is 1. The first-order chi connectivity index (χ1) is 31.5. The topological polar surface area (TPSA) is 212 Å². The number of anilines is 6. The van der Waals surface area contributed by atoms with Crippen LogP contribution in [0, 0.1) is 12.8 Å². The monoisotopic (exact) mass is 959 g/mol. The molecule has 19 nitrogen and oxygen atoms in total. The molecule has 2 atom stereocenters. The summed E-state index contributed by atoms with van der Waals surface area (Å²) < 4.78 is 16.0. The van der Waals surface area contributed by atoms with Crippen molar-refractivity contribution in [3.05, 3.63) is 57.4 Å². The number of morpholine rings is 3. The molecule has 4 fully saturated rings. The molecular weight excluding hydrogens is 901 g/mol. The predicted octanol–water partition coefficient (Wildman–Crippen LogP) is 5.34. The van der Waals surface area contributed by atoms with Gasteiger partial charge in [0.15, 0.2) is 0 Å². The van der Waals surface area contributed by atoms with Crippen molar-refractivity contribution < 1.29 is 29.2 Å². The van der Waals surface area contributed by atoms with Gasteiger partial charge < -0.3 is 60.0 Å². The standard InChI is InChI=1S/C25H36N6O3.C10H15ClN4O2.C8H9Cl2N3O/c1-4-19-7-8-31(16-19)25(33)27-20-6-5-17(2)21(13-20)22-14-23(26-15-18(3)32)29-24(28-22)30-9-11-34-12-10-30;11-8-7-9(12-1-4-16)14-10(13-8)15-2-5-17-6-3-15;9-6-5-7(10)12-8(11-6)13-1-3-14-4-2-13/h5-6,13-14,18-19,32H,4,7-12,15-16H2,1-3H3,(H,27,33)(H,26,28,29);7,16H,1-6H2,(H,12,13,14);5H,1-4H2/t18-,19+;;/m0../s1. The number of aromatic nitrogens is 6. The Balaban J connectivity index is 0.000000186. The van der Waals surface area contributed by atoms with Gasteiger partial charge in [-0.25, -0.2) is 24.7 Å². The number of aryl methyl sites for hydroxylation is 1. The quantitative estimate of drug-likeness (QED) is 0.114. The first-order valence-electron chi connectivity index (χ1n) is 22.0. The smallest absolute Gasteiger partial charge is 0.321 e. The Bertz CT molecular complexity index is 2110. The summed E-state index contributed by atoms with van der Waals surface area (Å²) in [5.74, 6) is 3.67. The Kier molecular flexibility index (Phi) is 19.4. The highest BCUT2D eigenvalue weighted by atomic mass is 35.5. The highest BCUT2D eigenvalue weighted by Gasteiger charge is 2.25. The van der Waals surface area contributed by atoms with Crippen molar-refractivity contribution in [1.29, 1.82) is 0 Å². The van der Waals surface area contributed by atoms with Crippen LogP contribution in [0.3, 0.4) is 0 Å². The Morgan fingerprint density at radius 1 is 0.738 bits per heavy atom. The Hall–Kier alpha value is -4.60. The number of carbonyl (C=O) groups is 1. The van der Waals surface area contributed by atoms with Gasteiger partial charge in [-0.2, -0.15) is 9.97 Å². The highest BCUT2D eigenvalue weighted by Crippen LogP contribution is 2.30. The molecule has 4 aromatic rings. The van der Waals surface area contributed by atoms with Crippen molar-refractivity contribution in [2.45, 2.75) is 39.7 Å². The number of nitrogens with zero attached hydrogens (tertiary/aromatic N) is 10. The summed E-state index contributed by atoms with van der Waals surface area (Å²) in [6.07, 6.45) is 1.67. The number of hydrogen-bond acceptors (Lipinski definition) is 17. The second-order valence-electron chi connectivity index (χ2n) is 15.8. The summed E-state index contributed by atoms with van der Waals surface area (Å²) in [5.41, 5.74) is 3.50. The van der Waals surface area contributed by atoms with Crippen LogP contribution in [0.2, 0.25) is 15.5 Å². The second kappa shape index (κ2) is 25.3. The van der Waals surface area contributed by atoms with Gasteiger partial charge in [0, 0.05) is 94.9 Å². The summed E-state index contributed by atoms with van der Waals surface area (Å²) in [7, 11) is 0. The molecule has 0 saturated carbocycles. The van der Waals surface area contributed by atoms with E-state index >= 15 is 0 Å². The number of nitrogens with one attached hydrogen (secondary N) is 3. The van der Waals surface area contributed by atoms with Gasteiger partial charge in [-0.3, -0.25) is 0 Å². The predicted molar refractivity (Wildman–Crippen MR) is 255 cm³/mol. The zero-order chi connectivity index (χ0) is 46.1. The van der Waals surface area contributed by atoms with Crippen molar-refractivity contribution in [1.82, 2.24) is 34.8 Å². The summed E-state index contributed by atoms with van der Waals surface area (Å²) >= 11 is 17.5. The molecular formula is C43H60Cl3N13O6. The summed E-state index contributed by atoms with van der Waals surface area (Å²) in [5, 5.41) is 28.9. The molecule has 0 aliphatic carbocycles. The fourth-order valence-electron chi connectivity index (χ4n) is 7.22. The molecule has 22 heteroatoms. The van der Waals surface area contributed by atoms with Crippen molar-refractivity contribution in [3.63, 3.8) is 0 Å². The average molecular weight is 961 g/mol. The summed E-state index contributed by atoms with van der Waals surface area (Å²) in [6, 6.07) is 10.9. The molecule has 2 amide bonds. The van der Waals surface area contributed by atoms with Gasteiger partial charge in [0.05, 0.1) is 58.0 Å². The van der Waals surface area contributed by atoms with Crippen LogP contribution >= 0.6 is 34.8 Å². The van der Waals surface area contributed by atoms with Crippen LogP contribution in [0.1, 0.15) is 32.3 Å². The lowest BCUT2D eigenvalue weighted by Gasteiger charge is -2.27. The molecule has 4 aliphatic rings. The molecule has 65 heavy (non-hydrogen) atoms.